The van der Waals surface area contributed by atoms with Crippen LogP contribution < -0.4 is 20.9 Å². The van der Waals surface area contributed by atoms with Gasteiger partial charge in [-0.25, -0.2) is 4.98 Å². The second kappa shape index (κ2) is 8.60. The highest BCUT2D eigenvalue weighted by Crippen LogP contribution is 2.26. The lowest BCUT2D eigenvalue weighted by molar-refractivity contribution is 0.102. The van der Waals surface area contributed by atoms with E-state index in [1.807, 2.05) is 32.0 Å². The van der Waals surface area contributed by atoms with Gasteiger partial charge >= 0.3 is 0 Å². The van der Waals surface area contributed by atoms with Gasteiger partial charge in [0.25, 0.3) is 11.5 Å². The monoisotopic (exact) mass is 471 g/mol. The van der Waals surface area contributed by atoms with Crippen molar-refractivity contribution >= 4 is 49.6 Å². The Balaban J connectivity index is 1.47. The van der Waals surface area contributed by atoms with E-state index in [9.17, 15) is 9.59 Å². The van der Waals surface area contributed by atoms with Crippen molar-refractivity contribution in [3.05, 3.63) is 87.7 Å². The highest BCUT2D eigenvalue weighted by molar-refractivity contribution is 7.20. The first kappa shape index (κ1) is 21.6. The molecule has 8 nitrogen and oxygen atoms in total. The number of anilines is 3. The second-order valence-corrected chi connectivity index (χ2v) is 8.83. The molecule has 2 N–H and O–H groups in total. The summed E-state index contributed by atoms with van der Waals surface area (Å²) < 4.78 is 6.43. The summed E-state index contributed by atoms with van der Waals surface area (Å²) in [6, 6.07) is 18.0. The maximum atomic E-state index is 13.0. The van der Waals surface area contributed by atoms with Crippen molar-refractivity contribution in [3.8, 4) is 5.75 Å². The minimum Gasteiger partial charge on any atom is -0.497 e. The molecular formula is C25H21N5O3S. The van der Waals surface area contributed by atoms with E-state index in [0.717, 1.165) is 16.8 Å². The molecule has 9 heteroatoms. The van der Waals surface area contributed by atoms with Gasteiger partial charge in [-0.3, -0.25) is 9.59 Å². The predicted octanol–water partition coefficient (Wildman–Crippen LogP) is 4.93. The lowest BCUT2D eigenvalue weighted by Gasteiger charge is -2.07. The highest BCUT2D eigenvalue weighted by Gasteiger charge is 2.14. The molecule has 0 atom stereocenters. The number of nitrogens with one attached hydrogen (secondary N) is 2. The number of rotatable bonds is 5. The highest BCUT2D eigenvalue weighted by atomic mass is 32.1. The zero-order valence-electron chi connectivity index (χ0n) is 18.7. The number of hydrogen-bond acceptors (Lipinski definition) is 7. The van der Waals surface area contributed by atoms with Crippen molar-refractivity contribution in [1.29, 1.82) is 0 Å². The van der Waals surface area contributed by atoms with E-state index in [1.54, 1.807) is 49.6 Å². The third kappa shape index (κ3) is 4.08. The number of benzene rings is 3. The normalized spacial score (nSPS) is 11.0. The number of methoxy groups -OCH3 is 1. The summed E-state index contributed by atoms with van der Waals surface area (Å²) in [6.07, 6.45) is 0. The molecule has 3 aromatic carbocycles. The first-order valence-electron chi connectivity index (χ1n) is 10.5. The van der Waals surface area contributed by atoms with Crippen LogP contribution in [0.3, 0.4) is 0 Å². The van der Waals surface area contributed by atoms with E-state index < -0.39 is 0 Å². The molecule has 2 aromatic heterocycles. The van der Waals surface area contributed by atoms with Crippen molar-refractivity contribution in [3.63, 3.8) is 0 Å². The topological polar surface area (TPSA) is 97.6 Å². The fourth-order valence-corrected chi connectivity index (χ4v) is 4.37. The molecule has 0 aliphatic heterocycles. The van der Waals surface area contributed by atoms with Crippen molar-refractivity contribution in [2.45, 2.75) is 13.8 Å². The van der Waals surface area contributed by atoms with Crippen molar-refractivity contribution in [2.24, 2.45) is 0 Å². The summed E-state index contributed by atoms with van der Waals surface area (Å²) in [7, 11) is 1.58. The number of ether oxygens (including phenoxy) is 1. The van der Waals surface area contributed by atoms with Crippen LogP contribution in [0.5, 0.6) is 5.75 Å². The van der Waals surface area contributed by atoms with Crippen LogP contribution in [0, 0.1) is 13.8 Å². The minimum absolute atomic E-state index is 0.285. The van der Waals surface area contributed by atoms with Gasteiger partial charge in [-0.1, -0.05) is 23.5 Å². The number of carbonyl (C=O) groups is 1. The van der Waals surface area contributed by atoms with Gasteiger partial charge in [0.15, 0.2) is 0 Å². The maximum absolute atomic E-state index is 13.0. The standard InChI is InChI=1S/C25H21N5O3S/c1-14-4-5-15(2)20(12-14)27-24-29-30-23(32)19-11-6-16(13-21(19)28-25(30)34-24)22(31)26-17-7-9-18(33-3)10-8-17/h4-13H,1-3H3,(H,26,31)(H,27,29). The quantitative estimate of drug-likeness (QED) is 0.377. The summed E-state index contributed by atoms with van der Waals surface area (Å²) in [5, 5.41) is 11.5. The van der Waals surface area contributed by atoms with Crippen LogP contribution in [0.25, 0.3) is 15.9 Å². The Morgan fingerprint density at radius 3 is 2.59 bits per heavy atom. The second-order valence-electron chi connectivity index (χ2n) is 7.88. The van der Waals surface area contributed by atoms with Crippen LogP contribution in [0.4, 0.5) is 16.5 Å². The van der Waals surface area contributed by atoms with E-state index in [-0.39, 0.29) is 11.5 Å². The molecule has 5 aromatic rings. The molecule has 0 radical (unpaired) electrons. The lowest BCUT2D eigenvalue weighted by Crippen LogP contribution is -2.16. The van der Waals surface area contributed by atoms with E-state index in [0.29, 0.717) is 38.0 Å². The summed E-state index contributed by atoms with van der Waals surface area (Å²) in [5.74, 6) is 0.407. The molecule has 0 saturated carbocycles. The molecule has 0 unspecified atom stereocenters. The number of hydrogen-bond donors (Lipinski definition) is 2. The summed E-state index contributed by atoms with van der Waals surface area (Å²) in [6.45, 7) is 4.02. The van der Waals surface area contributed by atoms with Gasteiger partial charge < -0.3 is 15.4 Å². The molecule has 0 spiro atoms. The van der Waals surface area contributed by atoms with Gasteiger partial charge in [0.05, 0.1) is 18.0 Å². The Kier molecular flexibility index (Phi) is 5.46. The van der Waals surface area contributed by atoms with Gasteiger partial charge in [-0.2, -0.15) is 4.52 Å². The first-order chi connectivity index (χ1) is 16.4. The van der Waals surface area contributed by atoms with Gasteiger partial charge in [0.1, 0.15) is 5.75 Å². The zero-order chi connectivity index (χ0) is 23.8. The Morgan fingerprint density at radius 2 is 1.82 bits per heavy atom. The van der Waals surface area contributed by atoms with Gasteiger partial charge in [0.2, 0.25) is 10.1 Å². The van der Waals surface area contributed by atoms with Crippen molar-refractivity contribution in [2.75, 3.05) is 17.7 Å². The van der Waals surface area contributed by atoms with Gasteiger partial charge in [-0.15, -0.1) is 5.10 Å². The van der Waals surface area contributed by atoms with Crippen LogP contribution in [0.15, 0.2) is 65.5 Å². The fraction of sp³-hybridized carbons (Fsp3) is 0.120. The van der Waals surface area contributed by atoms with E-state index in [4.69, 9.17) is 4.74 Å². The molecule has 5 rings (SSSR count). The number of amides is 1. The van der Waals surface area contributed by atoms with Crippen LogP contribution in [0.2, 0.25) is 0 Å². The number of fused-ring (bicyclic) bond motifs is 2. The molecule has 34 heavy (non-hydrogen) atoms. The van der Waals surface area contributed by atoms with Crippen LogP contribution in [-0.4, -0.2) is 27.6 Å². The van der Waals surface area contributed by atoms with Crippen LogP contribution in [-0.2, 0) is 0 Å². The number of nitrogens with zero attached hydrogens (tertiary/aromatic N) is 3. The van der Waals surface area contributed by atoms with Crippen molar-refractivity contribution < 1.29 is 9.53 Å². The SMILES string of the molecule is COc1ccc(NC(=O)c2ccc3c(=O)n4nc(Nc5cc(C)ccc5C)sc4nc3c2)cc1. The average molecular weight is 472 g/mol. The van der Waals surface area contributed by atoms with Crippen LogP contribution in [0.1, 0.15) is 21.5 Å². The molecule has 0 bridgehead atoms. The molecule has 0 aliphatic rings. The first-order valence-corrected chi connectivity index (χ1v) is 11.4. The minimum atomic E-state index is -0.296. The maximum Gasteiger partial charge on any atom is 0.283 e. The smallest absolute Gasteiger partial charge is 0.283 e. The fourth-order valence-electron chi connectivity index (χ4n) is 3.56. The molecule has 0 fully saturated rings. The van der Waals surface area contributed by atoms with E-state index >= 15 is 0 Å². The molecule has 2 heterocycles. The molecule has 1 amide bonds. The Labute approximate surface area is 198 Å². The van der Waals surface area contributed by atoms with E-state index in [2.05, 4.69) is 20.7 Å². The summed E-state index contributed by atoms with van der Waals surface area (Å²) in [5.41, 5.74) is 4.31. The Hall–Kier alpha value is -4.24. The van der Waals surface area contributed by atoms with Gasteiger partial charge in [0, 0.05) is 16.9 Å². The Bertz CT molecular complexity index is 1610. The van der Waals surface area contributed by atoms with Gasteiger partial charge in [-0.05, 0) is 73.5 Å². The molecule has 0 saturated heterocycles. The number of carbonyl (C=O) groups excluding carboxylic acids is 1. The van der Waals surface area contributed by atoms with Crippen LogP contribution >= 0.6 is 11.3 Å². The molecule has 0 aliphatic carbocycles. The lowest BCUT2D eigenvalue weighted by atomic mass is 10.1. The Morgan fingerprint density at radius 1 is 1.03 bits per heavy atom. The number of aryl methyl sites for hydroxylation is 2. The predicted molar refractivity (Wildman–Crippen MR) is 135 cm³/mol. The molecule has 170 valence electrons. The summed E-state index contributed by atoms with van der Waals surface area (Å²) >= 11 is 1.27. The third-order valence-electron chi connectivity index (χ3n) is 5.44. The number of aromatic nitrogens is 3. The average Bonchev–Trinajstić information content (AvgIpc) is 3.24. The van der Waals surface area contributed by atoms with E-state index in [1.165, 1.54) is 15.9 Å². The largest absolute Gasteiger partial charge is 0.497 e. The molecular weight excluding hydrogens is 450 g/mol. The van der Waals surface area contributed by atoms with Crippen molar-refractivity contribution in [1.82, 2.24) is 14.6 Å². The summed E-state index contributed by atoms with van der Waals surface area (Å²) in [4.78, 5) is 30.8. The third-order valence-corrected chi connectivity index (χ3v) is 6.27. The zero-order valence-corrected chi connectivity index (χ0v) is 19.6.